The van der Waals surface area contributed by atoms with Crippen molar-refractivity contribution in [2.24, 2.45) is 17.6 Å². The fourth-order valence-corrected chi connectivity index (χ4v) is 1.64. The fraction of sp³-hybridized carbons (Fsp3) is 0.500. The van der Waals surface area contributed by atoms with E-state index in [1.807, 2.05) is 0 Å². The van der Waals surface area contributed by atoms with Crippen molar-refractivity contribution in [3.05, 3.63) is 23.4 Å². The van der Waals surface area contributed by atoms with Crippen molar-refractivity contribution < 1.29 is 24.9 Å². The average Bonchev–Trinajstić information content (AvgIpc) is 2.29. The van der Waals surface area contributed by atoms with Gasteiger partial charge in [-0.3, -0.25) is 4.79 Å². The number of carbonyl (C=O) groups is 1. The summed E-state index contributed by atoms with van der Waals surface area (Å²) < 4.78 is 4.48. The van der Waals surface area contributed by atoms with E-state index in [0.29, 0.717) is 0 Å². The van der Waals surface area contributed by atoms with Gasteiger partial charge in [0.1, 0.15) is 11.8 Å². The molecule has 3 unspecified atom stereocenters. The largest absolute Gasteiger partial charge is 0.508 e. The molecule has 0 radical (unpaired) electrons. The van der Waals surface area contributed by atoms with Crippen molar-refractivity contribution in [3.8, 4) is 0 Å². The van der Waals surface area contributed by atoms with E-state index in [2.05, 4.69) is 4.74 Å². The van der Waals surface area contributed by atoms with Crippen molar-refractivity contribution >= 4 is 5.97 Å². The van der Waals surface area contributed by atoms with Gasteiger partial charge in [-0.15, -0.1) is 0 Å². The lowest BCUT2D eigenvalue weighted by atomic mass is 9.82. The molecule has 0 bridgehead atoms. The number of hydrogen-bond donors (Lipinski definition) is 4. The number of methoxy groups -OCH3 is 1. The van der Waals surface area contributed by atoms with Gasteiger partial charge in [-0.2, -0.15) is 0 Å². The summed E-state index contributed by atoms with van der Waals surface area (Å²) in [5, 5.41) is 28.1. The number of allylic oxidation sites excluding steroid dienone is 1. The molecule has 6 heteroatoms. The summed E-state index contributed by atoms with van der Waals surface area (Å²) in [6, 6.07) is -1.00. The Hall–Kier alpha value is -1.69. The maximum Gasteiger partial charge on any atom is 0.323 e. The molecule has 16 heavy (non-hydrogen) atoms. The van der Waals surface area contributed by atoms with Crippen LogP contribution in [0.1, 0.15) is 6.92 Å². The molecule has 1 aliphatic rings. The molecule has 0 fully saturated rings. The highest BCUT2D eigenvalue weighted by molar-refractivity contribution is 5.76. The zero-order chi connectivity index (χ0) is 12.5. The van der Waals surface area contributed by atoms with Gasteiger partial charge >= 0.3 is 5.97 Å². The first-order valence-electron chi connectivity index (χ1n) is 4.76. The molecule has 90 valence electrons. The molecule has 0 aromatic rings. The van der Waals surface area contributed by atoms with Gasteiger partial charge in [0.2, 0.25) is 0 Å². The van der Waals surface area contributed by atoms with Crippen molar-refractivity contribution in [1.82, 2.24) is 0 Å². The van der Waals surface area contributed by atoms with Crippen LogP contribution in [0.5, 0.6) is 0 Å². The molecule has 0 amide bonds. The molecule has 1 aliphatic carbocycles. The minimum Gasteiger partial charge on any atom is -0.508 e. The van der Waals surface area contributed by atoms with Crippen LogP contribution in [0.3, 0.4) is 0 Å². The van der Waals surface area contributed by atoms with E-state index in [9.17, 15) is 20.1 Å². The van der Waals surface area contributed by atoms with Crippen molar-refractivity contribution in [1.29, 1.82) is 0 Å². The highest BCUT2D eigenvalue weighted by Gasteiger charge is 2.36. The molecule has 0 heterocycles. The number of nitrogens with two attached hydrogens (primary N) is 1. The van der Waals surface area contributed by atoms with Crippen LogP contribution in [-0.2, 0) is 9.53 Å². The Labute approximate surface area is 92.6 Å². The zero-order valence-corrected chi connectivity index (χ0v) is 9.04. The number of esters is 1. The molecule has 0 saturated heterocycles. The third-order valence-corrected chi connectivity index (χ3v) is 2.73. The molecule has 0 aliphatic heterocycles. The standard InChI is InChI=1S/C10H15NO5/c1-4-5(7(11)10(15)16-2)3-6(12)9(14)8(4)13/h3-5,7,12-14H,11H2,1-2H3. The van der Waals surface area contributed by atoms with Gasteiger partial charge < -0.3 is 25.8 Å². The molecule has 0 saturated carbocycles. The molecule has 6 nitrogen and oxygen atoms in total. The number of rotatable bonds is 2. The number of aliphatic hydroxyl groups excluding tert-OH is 3. The first-order chi connectivity index (χ1) is 7.40. The van der Waals surface area contributed by atoms with E-state index < -0.39 is 35.4 Å². The van der Waals surface area contributed by atoms with Crippen molar-refractivity contribution in [3.63, 3.8) is 0 Å². The summed E-state index contributed by atoms with van der Waals surface area (Å²) in [6.45, 7) is 1.59. The fourth-order valence-electron chi connectivity index (χ4n) is 1.64. The number of ether oxygens (including phenoxy) is 1. The summed E-state index contributed by atoms with van der Waals surface area (Å²) in [4.78, 5) is 11.2. The van der Waals surface area contributed by atoms with Crippen molar-refractivity contribution in [2.75, 3.05) is 7.11 Å². The first-order valence-corrected chi connectivity index (χ1v) is 4.76. The second-order valence-corrected chi connectivity index (χ2v) is 3.70. The molecule has 0 aromatic carbocycles. The topological polar surface area (TPSA) is 113 Å². The number of hydrogen-bond acceptors (Lipinski definition) is 6. The van der Waals surface area contributed by atoms with Crippen LogP contribution in [0.2, 0.25) is 0 Å². The lowest BCUT2D eigenvalue weighted by molar-refractivity contribution is -0.143. The monoisotopic (exact) mass is 229 g/mol. The summed E-state index contributed by atoms with van der Waals surface area (Å²) in [6.07, 6.45) is 1.24. The van der Waals surface area contributed by atoms with Gasteiger partial charge in [-0.1, -0.05) is 6.92 Å². The second kappa shape index (κ2) is 4.44. The molecule has 1 rings (SSSR count). The summed E-state index contributed by atoms with van der Waals surface area (Å²) in [7, 11) is 1.20. The van der Waals surface area contributed by atoms with Crippen LogP contribution in [-0.4, -0.2) is 34.4 Å². The van der Waals surface area contributed by atoms with Crippen LogP contribution in [0, 0.1) is 11.8 Å². The van der Waals surface area contributed by atoms with Crippen LogP contribution in [0.15, 0.2) is 23.4 Å². The van der Waals surface area contributed by atoms with E-state index in [1.165, 1.54) is 13.2 Å². The summed E-state index contributed by atoms with van der Waals surface area (Å²) in [5.74, 6) is -3.28. The van der Waals surface area contributed by atoms with Crippen LogP contribution < -0.4 is 5.73 Å². The molecular formula is C10H15NO5. The Morgan fingerprint density at radius 3 is 2.56 bits per heavy atom. The Balaban J connectivity index is 2.98. The van der Waals surface area contributed by atoms with Gasteiger partial charge in [0, 0.05) is 11.8 Å². The van der Waals surface area contributed by atoms with Crippen LogP contribution in [0.4, 0.5) is 0 Å². The van der Waals surface area contributed by atoms with Gasteiger partial charge in [-0.25, -0.2) is 0 Å². The molecule has 5 N–H and O–H groups in total. The first kappa shape index (κ1) is 12.4. The van der Waals surface area contributed by atoms with E-state index in [1.54, 1.807) is 6.92 Å². The van der Waals surface area contributed by atoms with Gasteiger partial charge in [0.05, 0.1) is 7.11 Å². The third-order valence-electron chi connectivity index (χ3n) is 2.73. The summed E-state index contributed by atoms with van der Waals surface area (Å²) in [5.41, 5.74) is 5.62. The van der Waals surface area contributed by atoms with Crippen molar-refractivity contribution in [2.45, 2.75) is 13.0 Å². The second-order valence-electron chi connectivity index (χ2n) is 3.70. The maximum atomic E-state index is 11.2. The van der Waals surface area contributed by atoms with Gasteiger partial charge in [0.25, 0.3) is 0 Å². The number of aliphatic hydroxyl groups is 3. The third kappa shape index (κ3) is 1.96. The smallest absolute Gasteiger partial charge is 0.323 e. The summed E-state index contributed by atoms with van der Waals surface area (Å²) >= 11 is 0. The Morgan fingerprint density at radius 1 is 1.50 bits per heavy atom. The van der Waals surface area contributed by atoms with Crippen LogP contribution >= 0.6 is 0 Å². The van der Waals surface area contributed by atoms with Gasteiger partial charge in [0.15, 0.2) is 11.5 Å². The van der Waals surface area contributed by atoms with E-state index in [-0.39, 0.29) is 5.76 Å². The molecule has 0 spiro atoms. The lowest BCUT2D eigenvalue weighted by Gasteiger charge is -2.28. The predicted octanol–water partition coefficient (Wildman–Crippen LogP) is 0.522. The Bertz CT molecular complexity index is 360. The van der Waals surface area contributed by atoms with E-state index in [4.69, 9.17) is 5.73 Å². The molecule has 0 aromatic heterocycles. The normalized spacial score (nSPS) is 27.3. The zero-order valence-electron chi connectivity index (χ0n) is 9.04. The SMILES string of the molecule is COC(=O)C(N)C1C=C(O)C(O)=C(O)C1C. The quantitative estimate of drug-likeness (QED) is 0.513. The lowest BCUT2D eigenvalue weighted by Crippen LogP contribution is -2.42. The van der Waals surface area contributed by atoms with Crippen LogP contribution in [0.25, 0.3) is 0 Å². The Kier molecular flexibility index (Phi) is 3.44. The highest BCUT2D eigenvalue weighted by Crippen LogP contribution is 2.31. The van der Waals surface area contributed by atoms with E-state index in [0.717, 1.165) is 0 Å². The highest BCUT2D eigenvalue weighted by atomic mass is 16.5. The van der Waals surface area contributed by atoms with Gasteiger partial charge in [-0.05, 0) is 6.08 Å². The predicted molar refractivity (Wildman–Crippen MR) is 55.6 cm³/mol. The minimum absolute atomic E-state index is 0.385. The number of carbonyl (C=O) groups excluding carboxylic acids is 1. The molecule has 3 atom stereocenters. The Morgan fingerprint density at radius 2 is 2.06 bits per heavy atom. The van der Waals surface area contributed by atoms with E-state index >= 15 is 0 Å². The molecular weight excluding hydrogens is 214 g/mol. The maximum absolute atomic E-state index is 11.2. The average molecular weight is 229 g/mol. The minimum atomic E-state index is -1.00.